The largest absolute Gasteiger partial charge is 0.479 e. The molecule has 1 aromatic rings. The van der Waals surface area contributed by atoms with Crippen LogP contribution in [0.25, 0.3) is 0 Å². The van der Waals surface area contributed by atoms with E-state index < -0.39 is 58.7 Å². The van der Waals surface area contributed by atoms with Gasteiger partial charge in [-0.25, -0.2) is 9.59 Å². The number of aliphatic carboxylic acids is 1. The maximum Gasteiger partial charge on any atom is 0.329 e. The number of nitrogens with zero attached hydrogens (tertiary/aromatic N) is 2. The molecule has 4 atom stereocenters. The summed E-state index contributed by atoms with van der Waals surface area (Å²) in [4.78, 5) is 79.7. The lowest BCUT2D eigenvalue weighted by Gasteiger charge is -2.34. The van der Waals surface area contributed by atoms with E-state index >= 15 is 0 Å². The van der Waals surface area contributed by atoms with Gasteiger partial charge in [0.25, 0.3) is 11.8 Å². The quantitative estimate of drug-likeness (QED) is 0.182. The van der Waals surface area contributed by atoms with Gasteiger partial charge in [-0.3, -0.25) is 24.1 Å². The lowest BCUT2D eigenvalue weighted by atomic mass is 9.86. The number of carboxylic acid groups (broad SMARTS) is 1. The highest BCUT2D eigenvalue weighted by molar-refractivity contribution is 6.21. The van der Waals surface area contributed by atoms with Crippen molar-refractivity contribution in [2.24, 2.45) is 11.3 Å². The van der Waals surface area contributed by atoms with E-state index in [2.05, 4.69) is 22.9 Å². The van der Waals surface area contributed by atoms with E-state index in [1.165, 1.54) is 4.90 Å². The number of benzene rings is 1. The van der Waals surface area contributed by atoms with Crippen LogP contribution < -0.4 is 16.0 Å². The molecule has 2 heterocycles. The van der Waals surface area contributed by atoms with E-state index in [0.29, 0.717) is 36.9 Å². The highest BCUT2D eigenvalue weighted by atomic mass is 16.4. The Hall–Kier alpha value is -3.96. The Kier molecular flexibility index (Phi) is 10.5. The maximum absolute atomic E-state index is 13.2. The summed E-state index contributed by atoms with van der Waals surface area (Å²) in [5.41, 5.74) is -1.17. The number of fused-ring (bicyclic) bond motifs is 1. The fourth-order valence-corrected chi connectivity index (χ4v) is 6.37. The molecule has 45 heavy (non-hydrogen) atoms. The van der Waals surface area contributed by atoms with Crippen LogP contribution in [0.4, 0.5) is 4.79 Å². The van der Waals surface area contributed by atoms with Gasteiger partial charge in [-0.2, -0.15) is 0 Å². The number of amides is 6. The van der Waals surface area contributed by atoms with Crippen molar-refractivity contribution >= 4 is 35.6 Å². The van der Waals surface area contributed by atoms with Gasteiger partial charge >= 0.3 is 12.0 Å². The lowest BCUT2D eigenvalue weighted by molar-refractivity contribution is -0.145. The summed E-state index contributed by atoms with van der Waals surface area (Å²) in [6.07, 6.45) is 7.49. The van der Waals surface area contributed by atoms with Crippen LogP contribution in [0, 0.1) is 11.3 Å². The number of rotatable bonds is 14. The average molecular weight is 626 g/mol. The third kappa shape index (κ3) is 7.65. The fourth-order valence-electron chi connectivity index (χ4n) is 6.37. The number of nitrogens with one attached hydrogen (secondary N) is 3. The Morgan fingerprint density at radius 1 is 1.02 bits per heavy atom. The smallest absolute Gasteiger partial charge is 0.329 e. The van der Waals surface area contributed by atoms with Crippen LogP contribution in [0.3, 0.4) is 0 Å². The molecular formula is C33H47N5O7. The molecule has 12 nitrogen and oxygen atoms in total. The minimum Gasteiger partial charge on any atom is -0.479 e. The molecule has 0 bridgehead atoms. The Bertz CT molecular complexity index is 1290. The monoisotopic (exact) mass is 625 g/mol. The molecule has 2 fully saturated rings. The summed E-state index contributed by atoms with van der Waals surface area (Å²) in [6.45, 7) is 7.66. The summed E-state index contributed by atoms with van der Waals surface area (Å²) in [5.74, 6) is -2.94. The second-order valence-corrected chi connectivity index (χ2v) is 13.6. The van der Waals surface area contributed by atoms with Crippen molar-refractivity contribution < 1.29 is 33.9 Å². The number of imide groups is 1. The first-order chi connectivity index (χ1) is 21.3. The normalized spacial score (nSPS) is 23.0. The fraction of sp³-hybridized carbons (Fsp3) is 0.636. The number of urea groups is 1. The van der Waals surface area contributed by atoms with Crippen molar-refractivity contribution in [3.63, 3.8) is 0 Å². The van der Waals surface area contributed by atoms with Crippen molar-refractivity contribution in [2.75, 3.05) is 19.6 Å². The molecule has 0 spiro atoms. The van der Waals surface area contributed by atoms with Gasteiger partial charge in [0.05, 0.1) is 30.3 Å². The highest BCUT2D eigenvalue weighted by Gasteiger charge is 2.61. The van der Waals surface area contributed by atoms with Gasteiger partial charge < -0.3 is 26.0 Å². The number of carboxylic acids is 1. The van der Waals surface area contributed by atoms with Crippen molar-refractivity contribution in [3.05, 3.63) is 35.4 Å². The van der Waals surface area contributed by atoms with Gasteiger partial charge in [0.2, 0.25) is 11.8 Å². The van der Waals surface area contributed by atoms with Gasteiger partial charge in [0.15, 0.2) is 0 Å². The zero-order valence-corrected chi connectivity index (χ0v) is 26.8. The van der Waals surface area contributed by atoms with Gasteiger partial charge in [-0.15, -0.1) is 0 Å². The molecule has 4 rings (SSSR count). The zero-order valence-electron chi connectivity index (χ0n) is 26.8. The molecule has 1 saturated carbocycles. The van der Waals surface area contributed by atoms with Crippen LogP contribution in [0.15, 0.2) is 24.3 Å². The summed E-state index contributed by atoms with van der Waals surface area (Å²) < 4.78 is 0. The summed E-state index contributed by atoms with van der Waals surface area (Å²) in [5, 5.41) is 18.0. The molecule has 1 aromatic carbocycles. The van der Waals surface area contributed by atoms with E-state index in [4.69, 9.17) is 0 Å². The molecule has 6 amide bonds. The number of carbonyl (C=O) groups is 6. The molecule has 2 aliphatic heterocycles. The Morgan fingerprint density at radius 3 is 2.27 bits per heavy atom. The number of hydrogen-bond donors (Lipinski definition) is 4. The van der Waals surface area contributed by atoms with Crippen molar-refractivity contribution in [1.82, 2.24) is 25.8 Å². The van der Waals surface area contributed by atoms with E-state index in [0.717, 1.165) is 43.4 Å². The Balaban J connectivity index is 1.29. The molecule has 0 aromatic heterocycles. The maximum atomic E-state index is 13.2. The van der Waals surface area contributed by atoms with Crippen LogP contribution in [-0.4, -0.2) is 87.8 Å². The van der Waals surface area contributed by atoms with E-state index in [9.17, 15) is 33.9 Å². The predicted molar refractivity (Wildman–Crippen MR) is 166 cm³/mol. The molecular weight excluding hydrogens is 578 g/mol. The first-order valence-electron chi connectivity index (χ1n) is 16.1. The third-order valence-corrected chi connectivity index (χ3v) is 9.36. The first kappa shape index (κ1) is 33.9. The molecule has 3 aliphatic rings. The summed E-state index contributed by atoms with van der Waals surface area (Å²) >= 11 is 0. The third-order valence-electron chi connectivity index (χ3n) is 9.36. The van der Waals surface area contributed by atoms with Crippen molar-refractivity contribution in [1.29, 1.82) is 0 Å². The molecule has 246 valence electrons. The SMILES string of the molecule is CCCCCCCC1C[C@]1(NC(=O)[C@@H]1CCCN1C(=O)CNC(=O)NC(CN1C(=O)c2ccccc2C1=O)C(C)(C)C)C(=O)O. The molecule has 12 heteroatoms. The van der Waals surface area contributed by atoms with Crippen LogP contribution >= 0.6 is 0 Å². The number of likely N-dealkylation sites (tertiary alicyclic amines) is 1. The van der Waals surface area contributed by atoms with Crippen molar-refractivity contribution in [3.8, 4) is 0 Å². The topological polar surface area (TPSA) is 165 Å². The lowest BCUT2D eigenvalue weighted by Crippen LogP contribution is -2.56. The molecule has 1 aliphatic carbocycles. The number of unbranched alkanes of at least 4 members (excludes halogenated alkanes) is 4. The second-order valence-electron chi connectivity index (χ2n) is 13.6. The Morgan fingerprint density at radius 2 is 1.67 bits per heavy atom. The van der Waals surface area contributed by atoms with Crippen LogP contribution in [0.5, 0.6) is 0 Å². The minimum atomic E-state index is -1.28. The van der Waals surface area contributed by atoms with E-state index in [1.54, 1.807) is 24.3 Å². The van der Waals surface area contributed by atoms with Crippen LogP contribution in [0.2, 0.25) is 0 Å². The highest BCUT2D eigenvalue weighted by Crippen LogP contribution is 2.47. The molecule has 1 saturated heterocycles. The summed E-state index contributed by atoms with van der Waals surface area (Å²) in [7, 11) is 0. The molecule has 2 unspecified atom stereocenters. The van der Waals surface area contributed by atoms with Crippen LogP contribution in [-0.2, 0) is 14.4 Å². The standard InChI is InChI=1S/C33H47N5O7/c1-5-6-7-8-9-13-21-18-33(21,30(43)44)36-27(40)24-16-12-17-37(24)26(39)19-34-31(45)35-25(32(2,3)4)20-38-28(41)22-14-10-11-15-23(22)29(38)42/h10-11,14-15,21,24-25H,5-9,12-13,16-20H2,1-4H3,(H,36,40)(H,43,44)(H2,34,35,45)/t21?,24-,25?,33+/m0/s1. The minimum absolute atomic E-state index is 0.0450. The predicted octanol–water partition coefficient (Wildman–Crippen LogP) is 3.31. The van der Waals surface area contributed by atoms with Gasteiger partial charge in [-0.1, -0.05) is 71.9 Å². The van der Waals surface area contributed by atoms with Gasteiger partial charge in [0, 0.05) is 6.54 Å². The first-order valence-corrected chi connectivity index (χ1v) is 16.1. The summed E-state index contributed by atoms with van der Waals surface area (Å²) in [6, 6.07) is 4.50. The second kappa shape index (κ2) is 14.0. The van der Waals surface area contributed by atoms with Crippen LogP contribution in [0.1, 0.15) is 106 Å². The van der Waals surface area contributed by atoms with E-state index in [1.807, 2.05) is 20.8 Å². The van der Waals surface area contributed by atoms with E-state index in [-0.39, 0.29) is 19.0 Å². The van der Waals surface area contributed by atoms with Crippen molar-refractivity contribution in [2.45, 2.75) is 103 Å². The van der Waals surface area contributed by atoms with Gasteiger partial charge in [0.1, 0.15) is 11.6 Å². The zero-order chi connectivity index (χ0) is 32.9. The molecule has 4 N–H and O–H groups in total. The Labute approximate surface area is 264 Å². The number of carbonyl (C=O) groups excluding carboxylic acids is 5. The van der Waals surface area contributed by atoms with Gasteiger partial charge in [-0.05, 0) is 49.1 Å². The number of hydrogen-bond acceptors (Lipinski definition) is 6. The molecule has 0 radical (unpaired) electrons. The average Bonchev–Trinajstić information content (AvgIpc) is 3.35.